The molecule has 0 radical (unpaired) electrons. The van der Waals surface area contributed by atoms with Gasteiger partial charge < -0.3 is 15.2 Å². The van der Waals surface area contributed by atoms with Gasteiger partial charge in [0, 0.05) is 40.5 Å². The smallest absolute Gasteiger partial charge is 0.410 e. The number of hydrogen-bond acceptors (Lipinski definition) is 6. The standard InChI is InChI=1S/C26H28Cl2F3N5O3/c1-14(21-18(27)5-6-19(29)22(21)28)38-20-7-15(9-33-23(20)32)16-10-34-35(11-16)12-17-8-26(30,31)13-36(17)24(37)39-25(2,3)4/h5-7,9-11,14,17H,8,12-13H2,1-4H3,(H2,32,33)/t14-,17?/m1/s1. The number of nitrogens with zero attached hydrogens (tertiary/aromatic N) is 4. The van der Waals surface area contributed by atoms with Crippen LogP contribution in [0.2, 0.25) is 10.0 Å². The zero-order chi connectivity index (χ0) is 28.7. The van der Waals surface area contributed by atoms with Crippen LogP contribution in [0.3, 0.4) is 0 Å². The fraction of sp³-hybridized carbons (Fsp3) is 0.423. The van der Waals surface area contributed by atoms with Crippen LogP contribution in [0.15, 0.2) is 36.8 Å². The van der Waals surface area contributed by atoms with E-state index in [1.807, 2.05) is 0 Å². The number of nitrogens with two attached hydrogens (primary N) is 1. The number of hydrogen-bond donors (Lipinski definition) is 1. The van der Waals surface area contributed by atoms with Crippen LogP contribution in [-0.4, -0.2) is 49.9 Å². The van der Waals surface area contributed by atoms with Crippen LogP contribution in [0.25, 0.3) is 11.1 Å². The zero-order valence-corrected chi connectivity index (χ0v) is 23.2. The summed E-state index contributed by atoms with van der Waals surface area (Å²) >= 11 is 12.3. The van der Waals surface area contributed by atoms with E-state index in [0.29, 0.717) is 11.1 Å². The quantitative estimate of drug-likeness (QED) is 0.321. The van der Waals surface area contributed by atoms with Crippen molar-refractivity contribution in [3.8, 4) is 16.9 Å². The fourth-order valence-corrected chi connectivity index (χ4v) is 4.97. The van der Waals surface area contributed by atoms with Crippen LogP contribution < -0.4 is 10.5 Å². The Morgan fingerprint density at radius 1 is 1.26 bits per heavy atom. The Morgan fingerprint density at radius 2 is 1.97 bits per heavy atom. The van der Waals surface area contributed by atoms with E-state index in [2.05, 4.69) is 10.1 Å². The largest absolute Gasteiger partial charge is 0.482 e. The molecule has 1 unspecified atom stereocenters. The number of nitrogen functional groups attached to an aromatic ring is 1. The minimum absolute atomic E-state index is 0.0359. The van der Waals surface area contributed by atoms with E-state index in [1.54, 1.807) is 40.0 Å². The van der Waals surface area contributed by atoms with Crippen molar-refractivity contribution < 1.29 is 27.4 Å². The third kappa shape index (κ3) is 6.70. The van der Waals surface area contributed by atoms with Crippen molar-refractivity contribution in [3.63, 3.8) is 0 Å². The molecule has 4 rings (SSSR count). The maximum atomic E-state index is 14.2. The number of carbonyl (C=O) groups excluding carboxylic acids is 1. The molecule has 210 valence electrons. The lowest BCUT2D eigenvalue weighted by Crippen LogP contribution is -2.42. The van der Waals surface area contributed by atoms with E-state index in [9.17, 15) is 18.0 Å². The van der Waals surface area contributed by atoms with Crippen molar-refractivity contribution in [1.82, 2.24) is 19.7 Å². The van der Waals surface area contributed by atoms with Gasteiger partial charge in [-0.25, -0.2) is 22.9 Å². The number of anilines is 1. The molecule has 0 saturated carbocycles. The van der Waals surface area contributed by atoms with Gasteiger partial charge >= 0.3 is 6.09 Å². The van der Waals surface area contributed by atoms with Crippen molar-refractivity contribution in [2.24, 2.45) is 0 Å². The predicted molar refractivity (Wildman–Crippen MR) is 142 cm³/mol. The molecule has 1 aliphatic rings. The van der Waals surface area contributed by atoms with E-state index in [0.717, 1.165) is 11.0 Å². The van der Waals surface area contributed by atoms with Gasteiger partial charge in [-0.05, 0) is 45.9 Å². The van der Waals surface area contributed by atoms with E-state index >= 15 is 0 Å². The normalized spacial score (nSPS) is 17.8. The van der Waals surface area contributed by atoms with Gasteiger partial charge in [0.25, 0.3) is 5.92 Å². The van der Waals surface area contributed by atoms with Gasteiger partial charge in [0.1, 0.15) is 17.5 Å². The number of benzene rings is 1. The summed E-state index contributed by atoms with van der Waals surface area (Å²) in [5.74, 6) is -3.38. The van der Waals surface area contributed by atoms with Crippen molar-refractivity contribution in [3.05, 3.63) is 58.2 Å². The zero-order valence-electron chi connectivity index (χ0n) is 21.7. The molecule has 2 aromatic heterocycles. The summed E-state index contributed by atoms with van der Waals surface area (Å²) in [6.07, 6.45) is 2.62. The van der Waals surface area contributed by atoms with Crippen molar-refractivity contribution in [1.29, 1.82) is 0 Å². The maximum absolute atomic E-state index is 14.2. The number of carbonyl (C=O) groups is 1. The first kappa shape index (κ1) is 28.8. The summed E-state index contributed by atoms with van der Waals surface area (Å²) in [6.45, 7) is 5.98. The Kier molecular flexibility index (Phi) is 7.96. The number of ether oxygens (including phenoxy) is 2. The van der Waals surface area contributed by atoms with Crippen molar-refractivity contribution in [2.45, 2.75) is 64.3 Å². The Balaban J connectivity index is 1.52. The van der Waals surface area contributed by atoms with E-state index in [-0.39, 0.29) is 33.7 Å². The number of aromatic nitrogens is 3. The fourth-order valence-electron chi connectivity index (χ4n) is 4.30. The SMILES string of the molecule is C[C@@H](Oc1cc(-c2cnn(CC3CC(F)(F)CN3C(=O)OC(C)(C)C)c2)cnc1N)c1c(Cl)ccc(F)c1Cl. The van der Waals surface area contributed by atoms with Gasteiger partial charge in [0.05, 0.1) is 30.4 Å². The molecular weight excluding hydrogens is 558 g/mol. The minimum Gasteiger partial charge on any atom is -0.482 e. The highest BCUT2D eigenvalue weighted by atomic mass is 35.5. The number of pyridine rings is 1. The second kappa shape index (κ2) is 10.8. The second-order valence-corrected chi connectivity index (χ2v) is 11.2. The first-order chi connectivity index (χ1) is 18.1. The van der Waals surface area contributed by atoms with Crippen molar-refractivity contribution in [2.75, 3.05) is 12.3 Å². The third-order valence-electron chi connectivity index (χ3n) is 6.04. The first-order valence-corrected chi connectivity index (χ1v) is 12.8. The van der Waals surface area contributed by atoms with Gasteiger partial charge in [0.15, 0.2) is 11.6 Å². The number of alkyl halides is 2. The molecule has 0 spiro atoms. The molecule has 2 atom stereocenters. The topological polar surface area (TPSA) is 95.5 Å². The lowest BCUT2D eigenvalue weighted by Gasteiger charge is -2.28. The summed E-state index contributed by atoms with van der Waals surface area (Å²) < 4.78 is 55.2. The molecular formula is C26H28Cl2F3N5O3. The Bertz CT molecular complexity index is 1380. The van der Waals surface area contributed by atoms with E-state index in [1.165, 1.54) is 23.1 Å². The van der Waals surface area contributed by atoms with Crippen LogP contribution in [0.1, 0.15) is 45.8 Å². The molecule has 1 fully saturated rings. The maximum Gasteiger partial charge on any atom is 0.410 e. The van der Waals surface area contributed by atoms with Gasteiger partial charge in [-0.2, -0.15) is 5.10 Å². The van der Waals surface area contributed by atoms with Gasteiger partial charge in [-0.1, -0.05) is 23.2 Å². The van der Waals surface area contributed by atoms with Crippen LogP contribution in [0.5, 0.6) is 5.75 Å². The van der Waals surface area contributed by atoms with E-state index < -0.39 is 48.5 Å². The third-order valence-corrected chi connectivity index (χ3v) is 6.75. The Hall–Kier alpha value is -3.18. The van der Waals surface area contributed by atoms with Crippen LogP contribution in [-0.2, 0) is 11.3 Å². The second-order valence-electron chi connectivity index (χ2n) is 10.4. The monoisotopic (exact) mass is 585 g/mol. The average Bonchev–Trinajstić information content (AvgIpc) is 3.40. The molecule has 1 amide bonds. The van der Waals surface area contributed by atoms with Crippen LogP contribution >= 0.6 is 23.2 Å². The van der Waals surface area contributed by atoms with Gasteiger partial charge in [0.2, 0.25) is 0 Å². The number of halogens is 5. The lowest BCUT2D eigenvalue weighted by atomic mass is 10.1. The summed E-state index contributed by atoms with van der Waals surface area (Å²) in [5, 5.41) is 4.36. The molecule has 39 heavy (non-hydrogen) atoms. The predicted octanol–water partition coefficient (Wildman–Crippen LogP) is 6.76. The van der Waals surface area contributed by atoms with Gasteiger partial charge in [-0.15, -0.1) is 0 Å². The van der Waals surface area contributed by atoms with Gasteiger partial charge in [-0.3, -0.25) is 9.58 Å². The van der Waals surface area contributed by atoms with Crippen molar-refractivity contribution >= 4 is 35.1 Å². The first-order valence-electron chi connectivity index (χ1n) is 12.1. The molecule has 3 heterocycles. The highest BCUT2D eigenvalue weighted by Crippen LogP contribution is 2.37. The summed E-state index contributed by atoms with van der Waals surface area (Å²) in [5.41, 5.74) is 6.64. The summed E-state index contributed by atoms with van der Waals surface area (Å²) in [7, 11) is 0. The molecule has 0 aliphatic carbocycles. The van der Waals surface area contributed by atoms with E-state index in [4.69, 9.17) is 38.4 Å². The molecule has 2 N–H and O–H groups in total. The molecule has 13 heteroatoms. The summed E-state index contributed by atoms with van der Waals surface area (Å²) in [6, 6.07) is 3.36. The molecule has 1 saturated heterocycles. The van der Waals surface area contributed by atoms with Crippen LogP contribution in [0.4, 0.5) is 23.8 Å². The number of likely N-dealkylation sites (tertiary alicyclic amines) is 1. The Labute approximate surface area is 233 Å². The number of rotatable bonds is 6. The highest BCUT2D eigenvalue weighted by Gasteiger charge is 2.48. The highest BCUT2D eigenvalue weighted by molar-refractivity contribution is 6.36. The average molecular weight is 586 g/mol. The minimum atomic E-state index is -3.03. The number of amides is 1. The lowest BCUT2D eigenvalue weighted by molar-refractivity contribution is -0.00254. The molecule has 1 aliphatic heterocycles. The molecule has 8 nitrogen and oxygen atoms in total. The Morgan fingerprint density at radius 3 is 2.67 bits per heavy atom. The molecule has 3 aromatic rings. The molecule has 0 bridgehead atoms. The molecule has 1 aromatic carbocycles. The van der Waals surface area contributed by atoms with Crippen LogP contribution in [0, 0.1) is 5.82 Å². The summed E-state index contributed by atoms with van der Waals surface area (Å²) in [4.78, 5) is 17.8.